The minimum Gasteiger partial charge on any atom is -0.481 e. The second kappa shape index (κ2) is 6.13. The zero-order valence-corrected chi connectivity index (χ0v) is 12.6. The Balaban J connectivity index is 2.21. The Morgan fingerprint density at radius 1 is 1.45 bits per heavy atom. The van der Waals surface area contributed by atoms with Crippen LogP contribution < -0.4 is 0 Å². The minimum absolute atomic E-state index is 0.0180. The molecule has 0 atom stereocenters. The highest BCUT2D eigenvalue weighted by atomic mass is 32.2. The van der Waals surface area contributed by atoms with Gasteiger partial charge in [-0.05, 0) is 13.3 Å². The summed E-state index contributed by atoms with van der Waals surface area (Å²) >= 11 is 1.24. The molecule has 1 N–H and O–H groups in total. The van der Waals surface area contributed by atoms with Gasteiger partial charge in [-0.3, -0.25) is 9.48 Å². The van der Waals surface area contributed by atoms with Gasteiger partial charge in [0.25, 0.3) is 0 Å². The van der Waals surface area contributed by atoms with Gasteiger partial charge in [-0.1, -0.05) is 18.7 Å². The van der Waals surface area contributed by atoms with Crippen LogP contribution >= 0.6 is 11.8 Å². The molecule has 0 spiro atoms. The molecular weight excluding hydrogens is 276 g/mol. The highest BCUT2D eigenvalue weighted by Crippen LogP contribution is 2.20. The average Bonchev–Trinajstić information content (AvgIpc) is 2.90. The summed E-state index contributed by atoms with van der Waals surface area (Å²) in [6, 6.07) is 0. The quantitative estimate of drug-likeness (QED) is 0.821. The molecule has 0 saturated carbocycles. The fourth-order valence-corrected chi connectivity index (χ4v) is 2.82. The van der Waals surface area contributed by atoms with Crippen LogP contribution in [0.15, 0.2) is 17.6 Å². The van der Waals surface area contributed by atoms with Crippen molar-refractivity contribution >= 4 is 17.7 Å². The van der Waals surface area contributed by atoms with E-state index in [9.17, 15) is 4.79 Å². The largest absolute Gasteiger partial charge is 0.481 e. The summed E-state index contributed by atoms with van der Waals surface area (Å²) in [5.74, 6) is -0.817. The number of carbonyl (C=O) groups is 1. The molecule has 108 valence electrons. The van der Waals surface area contributed by atoms with Crippen LogP contribution in [0.3, 0.4) is 0 Å². The number of thioether (sulfide) groups is 1. The van der Waals surface area contributed by atoms with Gasteiger partial charge in [-0.25, -0.2) is 4.98 Å². The number of carboxylic acids is 1. The Labute approximate surface area is 121 Å². The molecule has 0 saturated heterocycles. The van der Waals surface area contributed by atoms with Gasteiger partial charge in [-0.15, -0.1) is 0 Å². The number of nitrogens with zero attached hydrogens (tertiary/aromatic N) is 4. The van der Waals surface area contributed by atoms with E-state index in [0.717, 1.165) is 28.5 Å². The number of aryl methyl sites for hydroxylation is 3. The lowest BCUT2D eigenvalue weighted by Gasteiger charge is -2.06. The lowest BCUT2D eigenvalue weighted by Crippen LogP contribution is -2.04. The molecule has 2 aromatic heterocycles. The van der Waals surface area contributed by atoms with Crippen molar-refractivity contribution in [2.45, 2.75) is 32.0 Å². The third kappa shape index (κ3) is 3.41. The first-order valence-corrected chi connectivity index (χ1v) is 7.38. The second-order valence-corrected chi connectivity index (χ2v) is 5.55. The Bertz CT molecular complexity index is 618. The number of hydrogen-bond donors (Lipinski definition) is 1. The normalized spacial score (nSPS) is 10.9. The summed E-state index contributed by atoms with van der Waals surface area (Å²) < 4.78 is 3.79. The van der Waals surface area contributed by atoms with Crippen molar-refractivity contribution in [3.05, 3.63) is 29.3 Å². The lowest BCUT2D eigenvalue weighted by molar-refractivity contribution is -0.133. The Kier molecular flexibility index (Phi) is 4.49. The van der Waals surface area contributed by atoms with Gasteiger partial charge in [0.1, 0.15) is 0 Å². The van der Waals surface area contributed by atoms with Gasteiger partial charge in [0.05, 0.1) is 23.7 Å². The van der Waals surface area contributed by atoms with Crippen LogP contribution in [0.2, 0.25) is 0 Å². The smallest absolute Gasteiger partial charge is 0.313 e. The van der Waals surface area contributed by atoms with Crippen molar-refractivity contribution in [2.24, 2.45) is 7.05 Å². The van der Waals surface area contributed by atoms with Crippen LogP contribution in [0, 0.1) is 6.92 Å². The number of aliphatic carboxylic acids is 1. The summed E-state index contributed by atoms with van der Waals surface area (Å²) in [5.41, 5.74) is 3.09. The van der Waals surface area contributed by atoms with E-state index in [1.54, 1.807) is 0 Å². The molecule has 20 heavy (non-hydrogen) atoms. The van der Waals surface area contributed by atoms with E-state index in [1.807, 2.05) is 35.6 Å². The van der Waals surface area contributed by atoms with Gasteiger partial charge in [-0.2, -0.15) is 5.10 Å². The molecule has 2 aromatic rings. The molecule has 2 rings (SSSR count). The van der Waals surface area contributed by atoms with E-state index >= 15 is 0 Å². The van der Waals surface area contributed by atoms with Gasteiger partial charge < -0.3 is 9.67 Å². The van der Waals surface area contributed by atoms with E-state index in [0.29, 0.717) is 6.54 Å². The zero-order valence-electron chi connectivity index (χ0n) is 11.8. The number of aromatic nitrogens is 4. The van der Waals surface area contributed by atoms with Crippen molar-refractivity contribution < 1.29 is 9.90 Å². The fourth-order valence-electron chi connectivity index (χ4n) is 2.08. The average molecular weight is 294 g/mol. The summed E-state index contributed by atoms with van der Waals surface area (Å²) in [6.45, 7) is 4.65. The highest BCUT2D eigenvalue weighted by molar-refractivity contribution is 7.99. The zero-order chi connectivity index (χ0) is 14.7. The van der Waals surface area contributed by atoms with Crippen molar-refractivity contribution in [1.29, 1.82) is 0 Å². The number of carboxylic acid groups (broad SMARTS) is 1. The highest BCUT2D eigenvalue weighted by Gasteiger charge is 2.12. The molecule has 0 amide bonds. The van der Waals surface area contributed by atoms with Crippen LogP contribution in [0.25, 0.3) is 0 Å². The summed E-state index contributed by atoms with van der Waals surface area (Å²) in [7, 11) is 1.90. The first kappa shape index (κ1) is 14.6. The predicted octanol–water partition coefficient (Wildman–Crippen LogP) is 1.71. The predicted molar refractivity (Wildman–Crippen MR) is 77.0 cm³/mol. The third-order valence-corrected chi connectivity index (χ3v) is 3.83. The lowest BCUT2D eigenvalue weighted by atomic mass is 10.2. The van der Waals surface area contributed by atoms with E-state index in [-0.39, 0.29) is 5.75 Å². The third-order valence-electron chi connectivity index (χ3n) is 2.85. The Morgan fingerprint density at radius 3 is 2.85 bits per heavy atom. The van der Waals surface area contributed by atoms with Crippen molar-refractivity contribution in [3.8, 4) is 0 Å². The molecular formula is C13H18N4O2S. The van der Waals surface area contributed by atoms with Gasteiger partial charge in [0, 0.05) is 25.0 Å². The van der Waals surface area contributed by atoms with E-state index in [2.05, 4.69) is 17.0 Å². The van der Waals surface area contributed by atoms with Crippen LogP contribution in [-0.2, 0) is 24.8 Å². The van der Waals surface area contributed by atoms with Crippen LogP contribution in [0.4, 0.5) is 0 Å². The first-order valence-electron chi connectivity index (χ1n) is 6.39. The molecule has 6 nitrogen and oxygen atoms in total. The van der Waals surface area contributed by atoms with E-state index in [1.165, 1.54) is 11.8 Å². The van der Waals surface area contributed by atoms with Gasteiger partial charge in [0.15, 0.2) is 5.16 Å². The maximum Gasteiger partial charge on any atom is 0.313 e. The maximum atomic E-state index is 10.7. The minimum atomic E-state index is -0.835. The summed E-state index contributed by atoms with van der Waals surface area (Å²) in [4.78, 5) is 15.1. The van der Waals surface area contributed by atoms with Gasteiger partial charge >= 0.3 is 5.97 Å². The molecule has 0 bridgehead atoms. The molecule has 0 aliphatic rings. The number of hydrogen-bond acceptors (Lipinski definition) is 4. The second-order valence-electron chi connectivity index (χ2n) is 4.60. The molecule has 0 aliphatic carbocycles. The van der Waals surface area contributed by atoms with Crippen LogP contribution in [0.1, 0.15) is 23.9 Å². The Hall–Kier alpha value is -1.76. The van der Waals surface area contributed by atoms with Gasteiger partial charge in [0.2, 0.25) is 0 Å². The SMILES string of the molecule is CCc1nn(C)cc1Cn1cc(C)nc1SCC(=O)O. The molecule has 0 unspecified atom stereocenters. The number of imidazole rings is 1. The van der Waals surface area contributed by atoms with E-state index < -0.39 is 5.97 Å². The summed E-state index contributed by atoms with van der Waals surface area (Å²) in [6.07, 6.45) is 4.82. The summed E-state index contributed by atoms with van der Waals surface area (Å²) in [5, 5.41) is 13.9. The standard InChI is InChI=1S/C13H18N4O2S/c1-4-11-10(6-16(3)15-11)7-17-5-9(2)14-13(17)20-8-12(18)19/h5-6H,4,7-8H2,1-3H3,(H,18,19). The maximum absolute atomic E-state index is 10.7. The fraction of sp³-hybridized carbons (Fsp3) is 0.462. The molecule has 0 aliphatic heterocycles. The topological polar surface area (TPSA) is 72.9 Å². The van der Waals surface area contributed by atoms with E-state index in [4.69, 9.17) is 5.11 Å². The molecule has 0 radical (unpaired) electrons. The molecule has 7 heteroatoms. The van der Waals surface area contributed by atoms with Crippen molar-refractivity contribution in [3.63, 3.8) is 0 Å². The Morgan fingerprint density at radius 2 is 2.20 bits per heavy atom. The van der Waals surface area contributed by atoms with Crippen molar-refractivity contribution in [1.82, 2.24) is 19.3 Å². The first-order chi connectivity index (χ1) is 9.49. The number of rotatable bonds is 6. The molecule has 0 aromatic carbocycles. The van der Waals surface area contributed by atoms with Crippen LogP contribution in [0.5, 0.6) is 0 Å². The van der Waals surface area contributed by atoms with Crippen molar-refractivity contribution in [2.75, 3.05) is 5.75 Å². The molecule has 2 heterocycles. The van der Waals surface area contributed by atoms with Crippen LogP contribution in [-0.4, -0.2) is 36.2 Å². The monoisotopic (exact) mass is 294 g/mol. The molecule has 0 fully saturated rings.